The van der Waals surface area contributed by atoms with Crippen LogP contribution in [0.1, 0.15) is 43.5 Å². The fourth-order valence-electron chi connectivity index (χ4n) is 2.85. The van der Waals surface area contributed by atoms with Gasteiger partial charge in [-0.25, -0.2) is 12.7 Å². The number of anilines is 1. The van der Waals surface area contributed by atoms with E-state index in [1.807, 2.05) is 21.6 Å². The van der Waals surface area contributed by atoms with Crippen LogP contribution in [0.5, 0.6) is 0 Å². The molecule has 0 aromatic carbocycles. The lowest BCUT2D eigenvalue weighted by molar-refractivity contribution is -0.117. The van der Waals surface area contributed by atoms with E-state index in [-0.39, 0.29) is 12.3 Å². The Morgan fingerprint density at radius 2 is 2.08 bits per heavy atom. The summed E-state index contributed by atoms with van der Waals surface area (Å²) in [6, 6.07) is 0. The molecular formula is C15H25N3O3S3. The second-order valence-corrected chi connectivity index (χ2v) is 10.8. The molecule has 2 heterocycles. The number of hydrogen-bond acceptors (Lipinski definition) is 6. The monoisotopic (exact) mass is 391 g/mol. The molecule has 136 valence electrons. The third-order valence-electron chi connectivity index (χ3n) is 4.13. The maximum absolute atomic E-state index is 12.6. The number of sulfonamides is 1. The average Bonchev–Trinajstić information content (AvgIpc) is 3.07. The van der Waals surface area contributed by atoms with Crippen LogP contribution >= 0.6 is 21.6 Å². The van der Waals surface area contributed by atoms with Crippen LogP contribution in [0, 0.1) is 13.8 Å². The number of hydrogen-bond donors (Lipinski definition) is 0. The van der Waals surface area contributed by atoms with Gasteiger partial charge < -0.3 is 0 Å². The summed E-state index contributed by atoms with van der Waals surface area (Å²) in [6.45, 7) is 3.50. The Morgan fingerprint density at radius 3 is 2.58 bits per heavy atom. The predicted octanol–water partition coefficient (Wildman–Crippen LogP) is 3.04. The van der Waals surface area contributed by atoms with Crippen molar-refractivity contribution in [2.24, 2.45) is 7.05 Å². The zero-order valence-corrected chi connectivity index (χ0v) is 17.1. The summed E-state index contributed by atoms with van der Waals surface area (Å²) in [5, 5.41) is 4.91. The lowest BCUT2D eigenvalue weighted by Gasteiger charge is -2.21. The van der Waals surface area contributed by atoms with E-state index < -0.39 is 10.0 Å². The van der Waals surface area contributed by atoms with Gasteiger partial charge in [-0.15, -0.1) is 0 Å². The zero-order chi connectivity index (χ0) is 17.9. The SMILES string of the molecule is Cc1nn(C)c(C)c1N(C(=O)CCCCC1CCSS1)S(C)(=O)=O. The van der Waals surface area contributed by atoms with Crippen molar-refractivity contribution < 1.29 is 13.2 Å². The molecule has 0 bridgehead atoms. The van der Waals surface area contributed by atoms with E-state index in [0.717, 1.165) is 23.4 Å². The molecule has 1 aliphatic rings. The summed E-state index contributed by atoms with van der Waals surface area (Å²) in [4.78, 5) is 12.6. The van der Waals surface area contributed by atoms with Gasteiger partial charge in [0.25, 0.3) is 0 Å². The first kappa shape index (κ1) is 19.7. The maximum atomic E-state index is 12.6. The molecular weight excluding hydrogens is 366 g/mol. The van der Waals surface area contributed by atoms with Crippen LogP contribution in [0.2, 0.25) is 0 Å². The first-order valence-electron chi connectivity index (χ1n) is 8.03. The quantitative estimate of drug-likeness (QED) is 0.525. The number of nitrogens with zero attached hydrogens (tertiary/aromatic N) is 3. The van der Waals surface area contributed by atoms with Gasteiger partial charge in [0.2, 0.25) is 15.9 Å². The summed E-state index contributed by atoms with van der Waals surface area (Å²) < 4.78 is 26.9. The van der Waals surface area contributed by atoms with Crippen LogP contribution < -0.4 is 4.31 Å². The molecule has 0 saturated carbocycles. The molecule has 0 N–H and O–H groups in total. The Bertz CT molecular complexity index is 694. The van der Waals surface area contributed by atoms with Crippen molar-refractivity contribution in [3.63, 3.8) is 0 Å². The smallest absolute Gasteiger partial charge is 0.240 e. The molecule has 1 aromatic heterocycles. The molecule has 1 amide bonds. The highest BCUT2D eigenvalue weighted by Crippen LogP contribution is 2.40. The van der Waals surface area contributed by atoms with Gasteiger partial charge in [-0.05, 0) is 33.1 Å². The summed E-state index contributed by atoms with van der Waals surface area (Å²) in [5.41, 5.74) is 1.62. The lowest BCUT2D eigenvalue weighted by Crippen LogP contribution is -2.36. The van der Waals surface area contributed by atoms with Crippen LogP contribution in [0.15, 0.2) is 0 Å². The number of carbonyl (C=O) groups excluding carboxylic acids is 1. The molecule has 24 heavy (non-hydrogen) atoms. The van der Waals surface area contributed by atoms with Gasteiger partial charge in [-0.2, -0.15) is 5.10 Å². The summed E-state index contributed by atoms with van der Waals surface area (Å²) >= 11 is 0. The van der Waals surface area contributed by atoms with Gasteiger partial charge in [0.1, 0.15) is 5.69 Å². The van der Waals surface area contributed by atoms with E-state index in [9.17, 15) is 13.2 Å². The van der Waals surface area contributed by atoms with Crippen molar-refractivity contribution in [1.82, 2.24) is 9.78 Å². The zero-order valence-electron chi connectivity index (χ0n) is 14.6. The van der Waals surface area contributed by atoms with Crippen molar-refractivity contribution in [3.05, 3.63) is 11.4 Å². The number of unbranched alkanes of at least 4 members (excludes halogenated alkanes) is 1. The molecule has 0 spiro atoms. The highest BCUT2D eigenvalue weighted by Gasteiger charge is 2.30. The third kappa shape index (κ3) is 4.70. The van der Waals surface area contributed by atoms with Crippen molar-refractivity contribution in [1.29, 1.82) is 0 Å². The van der Waals surface area contributed by atoms with Crippen LogP contribution in [-0.4, -0.2) is 41.4 Å². The Kier molecular flexibility index (Phi) is 6.66. The van der Waals surface area contributed by atoms with E-state index in [4.69, 9.17) is 0 Å². The van der Waals surface area contributed by atoms with Gasteiger partial charge >= 0.3 is 0 Å². The molecule has 1 unspecified atom stereocenters. The predicted molar refractivity (Wildman–Crippen MR) is 102 cm³/mol. The van der Waals surface area contributed by atoms with Crippen LogP contribution in [0.25, 0.3) is 0 Å². The fourth-order valence-corrected chi connectivity index (χ4v) is 6.93. The molecule has 0 radical (unpaired) electrons. The van der Waals surface area contributed by atoms with Crippen LogP contribution in [0.4, 0.5) is 5.69 Å². The number of amides is 1. The normalized spacial score (nSPS) is 18.1. The average molecular weight is 392 g/mol. The van der Waals surface area contributed by atoms with Crippen molar-refractivity contribution in [2.45, 2.75) is 51.2 Å². The molecule has 1 fully saturated rings. The first-order chi connectivity index (χ1) is 11.2. The minimum absolute atomic E-state index is 0.241. The Morgan fingerprint density at radius 1 is 1.38 bits per heavy atom. The van der Waals surface area contributed by atoms with Crippen molar-refractivity contribution >= 4 is 43.2 Å². The largest absolute Gasteiger partial charge is 0.273 e. The molecule has 9 heteroatoms. The standard InChI is InChI=1S/C15H25N3O3S3/c1-11-15(12(2)17(3)16-11)18(24(4,20)21)14(19)8-6-5-7-13-9-10-22-23-13/h13H,5-10H2,1-4H3. The van der Waals surface area contributed by atoms with E-state index in [0.29, 0.717) is 28.7 Å². The number of carbonyl (C=O) groups is 1. The van der Waals surface area contributed by atoms with Crippen molar-refractivity contribution in [2.75, 3.05) is 16.3 Å². The fraction of sp³-hybridized carbons (Fsp3) is 0.733. The second kappa shape index (κ2) is 8.14. The number of rotatable bonds is 7. The van der Waals surface area contributed by atoms with E-state index in [1.54, 1.807) is 25.6 Å². The van der Waals surface area contributed by atoms with Gasteiger partial charge in [-0.3, -0.25) is 9.48 Å². The van der Waals surface area contributed by atoms with Gasteiger partial charge in [0.15, 0.2) is 0 Å². The molecule has 1 aliphatic heterocycles. The van der Waals surface area contributed by atoms with Crippen LogP contribution in [-0.2, 0) is 21.9 Å². The summed E-state index contributed by atoms with van der Waals surface area (Å²) in [7, 11) is 1.91. The van der Waals surface area contributed by atoms with E-state index in [2.05, 4.69) is 5.10 Å². The van der Waals surface area contributed by atoms with Crippen LogP contribution in [0.3, 0.4) is 0 Å². The maximum Gasteiger partial charge on any atom is 0.240 e. The van der Waals surface area contributed by atoms with E-state index >= 15 is 0 Å². The number of aryl methyl sites for hydroxylation is 2. The summed E-state index contributed by atoms with van der Waals surface area (Å²) in [5.74, 6) is 0.834. The van der Waals surface area contributed by atoms with Gasteiger partial charge in [0, 0.05) is 24.5 Å². The Labute approximate surface area is 152 Å². The van der Waals surface area contributed by atoms with Gasteiger partial charge in [-0.1, -0.05) is 28.0 Å². The molecule has 1 saturated heterocycles. The minimum atomic E-state index is -3.68. The highest BCUT2D eigenvalue weighted by atomic mass is 33.1. The molecule has 6 nitrogen and oxygen atoms in total. The topological polar surface area (TPSA) is 72.3 Å². The van der Waals surface area contributed by atoms with E-state index in [1.165, 1.54) is 12.2 Å². The lowest BCUT2D eigenvalue weighted by atomic mass is 10.1. The number of aromatic nitrogens is 2. The minimum Gasteiger partial charge on any atom is -0.273 e. The molecule has 1 aromatic rings. The first-order valence-corrected chi connectivity index (χ1v) is 12.3. The molecule has 0 aliphatic carbocycles. The molecule has 1 atom stereocenters. The second-order valence-electron chi connectivity index (χ2n) is 6.14. The van der Waals surface area contributed by atoms with Crippen molar-refractivity contribution in [3.8, 4) is 0 Å². The highest BCUT2D eigenvalue weighted by molar-refractivity contribution is 8.77. The third-order valence-corrected chi connectivity index (χ3v) is 8.18. The summed E-state index contributed by atoms with van der Waals surface area (Å²) in [6.07, 6.45) is 5.30. The Hall–Kier alpha value is -0.670. The molecule has 2 rings (SSSR count). The Balaban J connectivity index is 2.04. The van der Waals surface area contributed by atoms with Gasteiger partial charge in [0.05, 0.1) is 17.6 Å².